The first-order chi connectivity index (χ1) is 23.7. The lowest BCUT2D eigenvalue weighted by Gasteiger charge is -2.42. The summed E-state index contributed by atoms with van der Waals surface area (Å²) < 4.78 is 48.9. The van der Waals surface area contributed by atoms with Crippen molar-refractivity contribution in [1.82, 2.24) is 14.5 Å². The van der Waals surface area contributed by atoms with E-state index < -0.39 is 57.8 Å². The zero-order chi connectivity index (χ0) is 36.5. The highest BCUT2D eigenvalue weighted by Gasteiger charge is 2.39. The molecule has 2 aromatic carbocycles. The summed E-state index contributed by atoms with van der Waals surface area (Å²) in [5.74, 6) is -2.18. The Morgan fingerprint density at radius 2 is 1.84 bits per heavy atom. The Morgan fingerprint density at radius 1 is 1.12 bits per heavy atom. The first kappa shape index (κ1) is 36.1. The molecule has 50 heavy (non-hydrogen) atoms. The summed E-state index contributed by atoms with van der Waals surface area (Å²) in [6.45, 7) is 7.80. The van der Waals surface area contributed by atoms with Gasteiger partial charge in [0.2, 0.25) is 0 Å². The summed E-state index contributed by atoms with van der Waals surface area (Å²) in [6.07, 6.45) is -0.649. The number of fused-ring (bicyclic) bond motifs is 1. The van der Waals surface area contributed by atoms with Gasteiger partial charge in [-0.15, -0.1) is 0 Å². The van der Waals surface area contributed by atoms with E-state index in [-0.39, 0.29) is 66.1 Å². The fourth-order valence-corrected chi connectivity index (χ4v) is 6.06. The molecule has 0 aliphatic carbocycles. The fraction of sp³-hybridized carbons (Fsp3) is 0.400. The molecule has 4 aromatic rings. The Kier molecular flexibility index (Phi) is 10.4. The lowest BCUT2D eigenvalue weighted by Crippen LogP contribution is -2.57. The van der Waals surface area contributed by atoms with E-state index in [2.05, 4.69) is 4.98 Å². The van der Waals surface area contributed by atoms with E-state index in [1.165, 1.54) is 29.0 Å². The van der Waals surface area contributed by atoms with E-state index >= 15 is 8.78 Å². The van der Waals surface area contributed by atoms with Gasteiger partial charge in [0, 0.05) is 26.7 Å². The number of hydrogen-bond donors (Lipinski definition) is 1. The number of aliphatic hydroxyl groups excluding tert-OH is 1. The number of carbonyl (C=O) groups is 1. The second-order valence-electron chi connectivity index (χ2n) is 13.1. The third kappa shape index (κ3) is 6.96. The van der Waals surface area contributed by atoms with Gasteiger partial charge in [-0.2, -0.15) is 0 Å². The molecule has 3 heterocycles. The third-order valence-corrected chi connectivity index (χ3v) is 8.21. The molecule has 0 radical (unpaired) electrons. The normalized spacial score (nSPS) is 15.1. The van der Waals surface area contributed by atoms with Crippen LogP contribution in [0.1, 0.15) is 46.1 Å². The Balaban J connectivity index is 1.84. The van der Waals surface area contributed by atoms with Gasteiger partial charge >= 0.3 is 17.3 Å². The number of aromatic nitrogens is 2. The van der Waals surface area contributed by atoms with E-state index in [1.54, 1.807) is 45.0 Å². The first-order valence-corrected chi connectivity index (χ1v) is 16.0. The van der Waals surface area contributed by atoms with Crippen LogP contribution in [-0.2, 0) is 9.47 Å². The van der Waals surface area contributed by atoms with Crippen LogP contribution in [-0.4, -0.2) is 82.4 Å². The summed E-state index contributed by atoms with van der Waals surface area (Å²) in [7, 11) is 1.36. The second kappa shape index (κ2) is 14.4. The molecule has 1 saturated heterocycles. The number of methoxy groups -OCH3 is 1. The molecule has 0 unspecified atom stereocenters. The quantitative estimate of drug-likeness (QED) is 0.130. The maximum Gasteiger partial charge on any atom is 0.410 e. The molecule has 2 aromatic heterocycles. The molecule has 0 saturated carbocycles. The van der Waals surface area contributed by atoms with Gasteiger partial charge in [0.1, 0.15) is 28.5 Å². The standard InChI is InChI=1S/C35H39F2N5O8/c1-20(2)22-10-7-8-12-26(22)41-32-23(16-25(37)29(38-32)28-24(36)11-9-13-27(28)49-19-48-6)30(31(33(41)44)42(46)47)40-15-14-39(17-21(40)18-43)34(45)50-35(3,4)5/h7-13,16,20-21,43H,14-15,17-19H2,1-6H3/t21-/m1/s1. The lowest BCUT2D eigenvalue weighted by atomic mass is 10.00. The van der Waals surface area contributed by atoms with Gasteiger partial charge < -0.3 is 29.1 Å². The van der Waals surface area contributed by atoms with Crippen LogP contribution in [0.2, 0.25) is 0 Å². The minimum Gasteiger partial charge on any atom is -0.467 e. The van der Waals surface area contributed by atoms with E-state index in [0.717, 1.165) is 16.7 Å². The molecule has 1 amide bonds. The average Bonchev–Trinajstić information content (AvgIpc) is 3.05. The topological polar surface area (TPSA) is 150 Å². The van der Waals surface area contributed by atoms with Crippen LogP contribution in [0.5, 0.6) is 5.75 Å². The van der Waals surface area contributed by atoms with E-state index in [0.29, 0.717) is 5.56 Å². The molecule has 1 aliphatic heterocycles. The van der Waals surface area contributed by atoms with Crippen LogP contribution < -0.4 is 15.2 Å². The molecule has 1 N–H and O–H groups in total. The number of nitro groups is 1. The number of aliphatic hydroxyl groups is 1. The van der Waals surface area contributed by atoms with Crippen LogP contribution in [0, 0.1) is 21.7 Å². The number of ether oxygens (including phenoxy) is 3. The van der Waals surface area contributed by atoms with Gasteiger partial charge in [0.15, 0.2) is 18.3 Å². The van der Waals surface area contributed by atoms with Crippen molar-refractivity contribution < 1.29 is 37.8 Å². The minimum atomic E-state index is -1.08. The number of amides is 1. The number of hydrogen-bond acceptors (Lipinski definition) is 10. The van der Waals surface area contributed by atoms with E-state index in [4.69, 9.17) is 14.2 Å². The van der Waals surface area contributed by atoms with Crippen molar-refractivity contribution in [3.8, 4) is 22.7 Å². The number of piperazine rings is 1. The van der Waals surface area contributed by atoms with Gasteiger partial charge in [-0.3, -0.25) is 19.5 Å². The molecular weight excluding hydrogens is 656 g/mol. The Morgan fingerprint density at radius 3 is 2.48 bits per heavy atom. The number of anilines is 1. The van der Waals surface area contributed by atoms with Gasteiger partial charge in [-0.25, -0.2) is 18.6 Å². The number of carbonyl (C=O) groups excluding carboxylic acids is 1. The van der Waals surface area contributed by atoms with E-state index in [1.807, 2.05) is 13.8 Å². The molecule has 15 heteroatoms. The molecule has 1 aliphatic rings. The number of rotatable bonds is 9. The number of nitrogens with zero attached hydrogens (tertiary/aromatic N) is 5. The van der Waals surface area contributed by atoms with Crippen molar-refractivity contribution in [3.05, 3.63) is 86.2 Å². The monoisotopic (exact) mass is 695 g/mol. The molecule has 1 fully saturated rings. The van der Waals surface area contributed by atoms with Crippen molar-refractivity contribution in [2.45, 2.75) is 52.2 Å². The third-order valence-electron chi connectivity index (χ3n) is 8.21. The highest BCUT2D eigenvalue weighted by molar-refractivity contribution is 5.97. The number of para-hydroxylation sites is 1. The molecular formula is C35H39F2N5O8. The molecule has 0 spiro atoms. The predicted molar refractivity (Wildman–Crippen MR) is 182 cm³/mol. The van der Waals surface area contributed by atoms with E-state index in [9.17, 15) is 24.8 Å². The smallest absolute Gasteiger partial charge is 0.410 e. The fourth-order valence-electron chi connectivity index (χ4n) is 6.06. The van der Waals surface area contributed by atoms with Gasteiger partial charge in [-0.05, 0) is 56.5 Å². The zero-order valence-electron chi connectivity index (χ0n) is 28.6. The second-order valence-corrected chi connectivity index (χ2v) is 13.1. The first-order valence-electron chi connectivity index (χ1n) is 16.0. The van der Waals surface area contributed by atoms with Crippen molar-refractivity contribution in [2.24, 2.45) is 0 Å². The van der Waals surface area contributed by atoms with Crippen LogP contribution in [0.4, 0.5) is 25.0 Å². The summed E-state index contributed by atoms with van der Waals surface area (Å²) >= 11 is 0. The van der Waals surface area contributed by atoms with Crippen LogP contribution >= 0.6 is 0 Å². The number of halogens is 2. The highest BCUT2D eigenvalue weighted by Crippen LogP contribution is 2.41. The zero-order valence-corrected chi connectivity index (χ0v) is 28.6. The average molecular weight is 696 g/mol. The SMILES string of the molecule is COCOc1cccc(F)c1-c1nc2c(cc1F)c(N1CCN(C(=O)OC(C)(C)C)C[C@@H]1CO)c([N+](=O)[O-])c(=O)n2-c1ccccc1C(C)C. The number of benzene rings is 2. The molecule has 266 valence electrons. The van der Waals surface area contributed by atoms with Gasteiger partial charge in [0.25, 0.3) is 0 Å². The van der Waals surface area contributed by atoms with Gasteiger partial charge in [-0.1, -0.05) is 38.1 Å². The number of pyridine rings is 2. The molecule has 5 rings (SSSR count). The molecule has 1 atom stereocenters. The minimum absolute atomic E-state index is 0.00669. The van der Waals surface area contributed by atoms with Crippen molar-refractivity contribution in [1.29, 1.82) is 0 Å². The largest absolute Gasteiger partial charge is 0.467 e. The lowest BCUT2D eigenvalue weighted by molar-refractivity contribution is -0.385. The summed E-state index contributed by atoms with van der Waals surface area (Å²) in [6, 6.07) is 10.6. The predicted octanol–water partition coefficient (Wildman–Crippen LogP) is 5.76. The van der Waals surface area contributed by atoms with Crippen molar-refractivity contribution in [2.75, 3.05) is 45.0 Å². The summed E-state index contributed by atoms with van der Waals surface area (Å²) in [5, 5.41) is 23.2. The summed E-state index contributed by atoms with van der Waals surface area (Å²) in [4.78, 5) is 46.7. The van der Waals surface area contributed by atoms with Crippen molar-refractivity contribution in [3.63, 3.8) is 0 Å². The van der Waals surface area contributed by atoms with Crippen molar-refractivity contribution >= 4 is 28.5 Å². The highest BCUT2D eigenvalue weighted by atomic mass is 19.1. The Bertz CT molecular complexity index is 1990. The van der Waals surface area contributed by atoms with Crippen LogP contribution in [0.3, 0.4) is 0 Å². The molecule has 13 nitrogen and oxygen atoms in total. The Hall–Kier alpha value is -5.15. The maximum atomic E-state index is 16.4. The maximum absolute atomic E-state index is 16.4. The molecule has 0 bridgehead atoms. The van der Waals surface area contributed by atoms with Gasteiger partial charge in [0.05, 0.1) is 34.2 Å². The van der Waals surface area contributed by atoms with Crippen LogP contribution in [0.25, 0.3) is 28.0 Å². The Labute approximate surface area is 286 Å². The summed E-state index contributed by atoms with van der Waals surface area (Å²) in [5.41, 5.74) is -3.22. The van der Waals surface area contributed by atoms with Crippen LogP contribution in [0.15, 0.2) is 53.3 Å².